The Hall–Kier alpha value is -0.960. The number of nitrogens with one attached hydrogen (secondary N) is 1. The molecule has 0 radical (unpaired) electrons. The molecular formula is C13H13BrF3N3S. The molecule has 0 bridgehead atoms. The number of benzene rings is 1. The molecule has 0 amide bonds. The number of alkyl halides is 3. The van der Waals surface area contributed by atoms with Crippen LogP contribution in [0.25, 0.3) is 0 Å². The maximum absolute atomic E-state index is 12.9. The molecule has 3 nitrogen and oxygen atoms in total. The van der Waals surface area contributed by atoms with E-state index in [0.29, 0.717) is 12.0 Å². The molecule has 2 aromatic rings. The van der Waals surface area contributed by atoms with E-state index in [1.54, 1.807) is 6.07 Å². The van der Waals surface area contributed by atoms with Crippen molar-refractivity contribution in [2.24, 2.45) is 5.84 Å². The Morgan fingerprint density at radius 2 is 2.14 bits per heavy atom. The summed E-state index contributed by atoms with van der Waals surface area (Å²) >= 11 is 4.39. The second-order valence-corrected chi connectivity index (χ2v) is 6.34. The van der Waals surface area contributed by atoms with Crippen molar-refractivity contribution in [3.63, 3.8) is 0 Å². The number of aryl methyl sites for hydroxylation is 1. The molecule has 21 heavy (non-hydrogen) atoms. The molecule has 114 valence electrons. The molecule has 0 fully saturated rings. The summed E-state index contributed by atoms with van der Waals surface area (Å²) < 4.78 is 38.8. The highest BCUT2D eigenvalue weighted by Gasteiger charge is 2.33. The number of nitrogens with zero attached hydrogens (tertiary/aromatic N) is 1. The summed E-state index contributed by atoms with van der Waals surface area (Å²) in [6.07, 6.45) is -3.97. The second-order valence-electron chi connectivity index (χ2n) is 4.54. The molecule has 0 spiro atoms. The number of rotatable bonds is 4. The van der Waals surface area contributed by atoms with Gasteiger partial charge in [-0.1, -0.05) is 22.0 Å². The zero-order chi connectivity index (χ0) is 15.6. The molecule has 8 heteroatoms. The van der Waals surface area contributed by atoms with Crippen LogP contribution in [-0.2, 0) is 12.6 Å². The average molecular weight is 380 g/mol. The van der Waals surface area contributed by atoms with E-state index in [9.17, 15) is 13.2 Å². The van der Waals surface area contributed by atoms with Gasteiger partial charge in [-0.05, 0) is 24.6 Å². The Morgan fingerprint density at radius 3 is 2.67 bits per heavy atom. The normalized spacial score (nSPS) is 13.4. The van der Waals surface area contributed by atoms with Gasteiger partial charge >= 0.3 is 6.18 Å². The van der Waals surface area contributed by atoms with Gasteiger partial charge in [0.05, 0.1) is 16.6 Å². The summed E-state index contributed by atoms with van der Waals surface area (Å²) in [6.45, 7) is 1.87. The lowest BCUT2D eigenvalue weighted by Crippen LogP contribution is -2.29. The van der Waals surface area contributed by atoms with Crippen LogP contribution in [0.5, 0.6) is 0 Å². The maximum Gasteiger partial charge on any atom is 0.417 e. The van der Waals surface area contributed by atoms with Crippen molar-refractivity contribution >= 4 is 27.3 Å². The van der Waals surface area contributed by atoms with E-state index >= 15 is 0 Å². The first-order chi connectivity index (χ1) is 9.81. The number of thiazole rings is 1. The van der Waals surface area contributed by atoms with E-state index in [2.05, 4.69) is 26.3 Å². The van der Waals surface area contributed by atoms with Gasteiger partial charge in [-0.2, -0.15) is 13.2 Å². The highest BCUT2D eigenvalue weighted by Crippen LogP contribution is 2.36. The van der Waals surface area contributed by atoms with E-state index in [1.807, 2.05) is 12.3 Å². The molecule has 3 N–H and O–H groups in total. The Bertz CT molecular complexity index is 627. The van der Waals surface area contributed by atoms with Gasteiger partial charge in [0.25, 0.3) is 0 Å². The lowest BCUT2D eigenvalue weighted by atomic mass is 10.0. The first-order valence-corrected chi connectivity index (χ1v) is 7.72. The monoisotopic (exact) mass is 379 g/mol. The van der Waals surface area contributed by atoms with Gasteiger partial charge in [-0.15, -0.1) is 11.3 Å². The Kier molecular flexibility index (Phi) is 5.03. The van der Waals surface area contributed by atoms with Crippen LogP contribution in [0.4, 0.5) is 13.2 Å². The number of hydrazine groups is 1. The summed E-state index contributed by atoms with van der Waals surface area (Å²) in [7, 11) is 0. The summed E-state index contributed by atoms with van der Waals surface area (Å²) in [4.78, 5) is 4.30. The number of aromatic nitrogens is 1. The van der Waals surface area contributed by atoms with Crippen LogP contribution in [-0.4, -0.2) is 4.98 Å². The fraction of sp³-hybridized carbons (Fsp3) is 0.308. The van der Waals surface area contributed by atoms with Crippen molar-refractivity contribution in [1.82, 2.24) is 10.4 Å². The second kappa shape index (κ2) is 6.43. The molecule has 1 unspecified atom stereocenters. The Balaban J connectivity index is 2.30. The van der Waals surface area contributed by atoms with Crippen molar-refractivity contribution in [2.45, 2.75) is 25.6 Å². The fourth-order valence-electron chi connectivity index (χ4n) is 1.92. The molecule has 0 saturated carbocycles. The van der Waals surface area contributed by atoms with Gasteiger partial charge in [0, 0.05) is 22.0 Å². The molecule has 1 aromatic heterocycles. The summed E-state index contributed by atoms with van der Waals surface area (Å²) in [5.74, 6) is 5.49. The fourth-order valence-corrected chi connectivity index (χ4v) is 3.21. The lowest BCUT2D eigenvalue weighted by molar-refractivity contribution is -0.138. The minimum absolute atomic E-state index is 0.0135. The first kappa shape index (κ1) is 16.4. The van der Waals surface area contributed by atoms with E-state index < -0.39 is 17.8 Å². The van der Waals surface area contributed by atoms with Gasteiger partial charge in [0.2, 0.25) is 0 Å². The topological polar surface area (TPSA) is 50.9 Å². The number of hydrogen-bond acceptors (Lipinski definition) is 4. The third kappa shape index (κ3) is 4.03. The SMILES string of the molecule is Cc1csc(CC(NN)c2ccc(Br)c(C(F)(F)F)c2)n1. The van der Waals surface area contributed by atoms with Crippen LogP contribution in [0.15, 0.2) is 28.1 Å². The minimum Gasteiger partial charge on any atom is -0.271 e. The predicted octanol–water partition coefficient (Wildman–Crippen LogP) is 3.98. The van der Waals surface area contributed by atoms with Crippen molar-refractivity contribution in [2.75, 3.05) is 0 Å². The van der Waals surface area contributed by atoms with Crippen LogP contribution in [0.1, 0.15) is 27.9 Å². The molecule has 0 aliphatic rings. The van der Waals surface area contributed by atoms with E-state index in [4.69, 9.17) is 5.84 Å². The van der Waals surface area contributed by atoms with Gasteiger partial charge in [-0.3, -0.25) is 11.3 Å². The number of halogens is 4. The zero-order valence-electron chi connectivity index (χ0n) is 11.0. The standard InChI is InChI=1S/C13H13BrF3N3S/c1-7-6-21-12(19-7)5-11(20-18)8-2-3-10(14)9(4-8)13(15,16)17/h2-4,6,11,20H,5,18H2,1H3. The summed E-state index contributed by atoms with van der Waals surface area (Å²) in [6, 6.07) is 3.68. The predicted molar refractivity (Wildman–Crippen MR) is 79.8 cm³/mol. The van der Waals surface area contributed by atoms with Crippen molar-refractivity contribution < 1.29 is 13.2 Å². The molecule has 2 rings (SSSR count). The molecule has 1 atom stereocenters. The van der Waals surface area contributed by atoms with E-state index in [0.717, 1.165) is 16.8 Å². The smallest absolute Gasteiger partial charge is 0.271 e. The average Bonchev–Trinajstić information content (AvgIpc) is 2.81. The lowest BCUT2D eigenvalue weighted by Gasteiger charge is -2.18. The summed E-state index contributed by atoms with van der Waals surface area (Å²) in [5.41, 5.74) is 3.21. The van der Waals surface area contributed by atoms with Crippen LogP contribution >= 0.6 is 27.3 Å². The third-order valence-corrected chi connectivity index (χ3v) is 4.63. The van der Waals surface area contributed by atoms with Gasteiger partial charge in [0.15, 0.2) is 0 Å². The maximum atomic E-state index is 12.9. The molecule has 0 aliphatic heterocycles. The quantitative estimate of drug-likeness (QED) is 0.623. The summed E-state index contributed by atoms with van der Waals surface area (Å²) in [5, 5.41) is 2.72. The minimum atomic E-state index is -4.41. The van der Waals surface area contributed by atoms with Crippen molar-refractivity contribution in [3.8, 4) is 0 Å². The highest BCUT2D eigenvalue weighted by atomic mass is 79.9. The van der Waals surface area contributed by atoms with Crippen molar-refractivity contribution in [3.05, 3.63) is 49.9 Å². The molecule has 1 aromatic carbocycles. The largest absolute Gasteiger partial charge is 0.417 e. The number of nitrogens with two attached hydrogens (primary N) is 1. The molecule has 1 heterocycles. The first-order valence-electron chi connectivity index (χ1n) is 6.05. The van der Waals surface area contributed by atoms with Gasteiger partial charge in [-0.25, -0.2) is 4.98 Å². The van der Waals surface area contributed by atoms with Crippen molar-refractivity contribution in [1.29, 1.82) is 0 Å². The Labute approximate surface area is 132 Å². The van der Waals surface area contributed by atoms with Crippen LogP contribution < -0.4 is 11.3 Å². The van der Waals surface area contributed by atoms with E-state index in [1.165, 1.54) is 17.4 Å². The molecule has 0 aliphatic carbocycles. The Morgan fingerprint density at radius 1 is 1.43 bits per heavy atom. The molecular weight excluding hydrogens is 367 g/mol. The van der Waals surface area contributed by atoms with E-state index in [-0.39, 0.29) is 4.47 Å². The van der Waals surface area contributed by atoms with Gasteiger partial charge < -0.3 is 0 Å². The van der Waals surface area contributed by atoms with Crippen LogP contribution in [0.2, 0.25) is 0 Å². The van der Waals surface area contributed by atoms with Gasteiger partial charge in [0.1, 0.15) is 0 Å². The molecule has 0 saturated heterocycles. The zero-order valence-corrected chi connectivity index (χ0v) is 13.4. The highest BCUT2D eigenvalue weighted by molar-refractivity contribution is 9.10. The third-order valence-electron chi connectivity index (χ3n) is 2.94. The van der Waals surface area contributed by atoms with Crippen LogP contribution in [0.3, 0.4) is 0 Å². The van der Waals surface area contributed by atoms with Crippen LogP contribution in [0, 0.1) is 6.92 Å². The number of hydrogen-bond donors (Lipinski definition) is 2.